The molecule has 2 heterocycles. The first-order valence-corrected chi connectivity index (χ1v) is 8.81. The Kier molecular flexibility index (Phi) is 3.48. The summed E-state index contributed by atoms with van der Waals surface area (Å²) in [6.45, 7) is 0. The standard InChI is InChI=1S/C24H15N3/c25-16-22-19(11-6-14-26-22)17-7-5-8-18(15-17)27-23-12-3-1-9-20(23)21-10-2-4-13-24(21)27/h1-15H. The fourth-order valence-corrected chi connectivity index (χ4v) is 3.74. The van der Waals surface area contributed by atoms with E-state index in [4.69, 9.17) is 0 Å². The van der Waals surface area contributed by atoms with Gasteiger partial charge >= 0.3 is 0 Å². The lowest BCUT2D eigenvalue weighted by molar-refractivity contribution is 1.18. The van der Waals surface area contributed by atoms with Gasteiger partial charge in [-0.05, 0) is 42.0 Å². The molecule has 0 spiro atoms. The summed E-state index contributed by atoms with van der Waals surface area (Å²) in [6, 6.07) is 31.2. The molecule has 3 nitrogen and oxygen atoms in total. The number of pyridine rings is 1. The van der Waals surface area contributed by atoms with Crippen LogP contribution in [0.2, 0.25) is 0 Å². The minimum atomic E-state index is 0.442. The lowest BCUT2D eigenvalue weighted by Gasteiger charge is -2.10. The molecule has 5 aromatic rings. The Morgan fingerprint density at radius 2 is 1.44 bits per heavy atom. The quantitative estimate of drug-likeness (QED) is 0.411. The molecule has 0 bridgehead atoms. The zero-order chi connectivity index (χ0) is 18.2. The van der Waals surface area contributed by atoms with Crippen LogP contribution in [-0.2, 0) is 0 Å². The second-order valence-electron chi connectivity index (χ2n) is 6.43. The molecule has 0 N–H and O–H groups in total. The molecule has 0 fully saturated rings. The van der Waals surface area contributed by atoms with Gasteiger partial charge in [-0.3, -0.25) is 0 Å². The average Bonchev–Trinajstić information content (AvgIpc) is 3.08. The van der Waals surface area contributed by atoms with Gasteiger partial charge in [-0.25, -0.2) is 4.98 Å². The van der Waals surface area contributed by atoms with Crippen molar-refractivity contribution in [3.63, 3.8) is 0 Å². The maximum absolute atomic E-state index is 9.40. The van der Waals surface area contributed by atoms with Crippen molar-refractivity contribution in [3.8, 4) is 22.9 Å². The van der Waals surface area contributed by atoms with Crippen molar-refractivity contribution in [3.05, 3.63) is 96.8 Å². The van der Waals surface area contributed by atoms with Crippen LogP contribution in [0, 0.1) is 11.3 Å². The van der Waals surface area contributed by atoms with Gasteiger partial charge in [0.2, 0.25) is 0 Å². The van der Waals surface area contributed by atoms with Gasteiger partial charge in [0.05, 0.1) is 11.0 Å². The van der Waals surface area contributed by atoms with Gasteiger partial charge in [-0.1, -0.05) is 48.5 Å². The molecule has 2 aromatic heterocycles. The molecule has 0 unspecified atom stereocenters. The predicted octanol–water partition coefficient (Wildman–Crippen LogP) is 5.72. The highest BCUT2D eigenvalue weighted by atomic mass is 15.0. The first kappa shape index (κ1) is 15.4. The molecule has 0 aliphatic carbocycles. The molecule has 0 saturated heterocycles. The number of aromatic nitrogens is 2. The fraction of sp³-hybridized carbons (Fsp3) is 0. The molecule has 0 aliphatic heterocycles. The van der Waals surface area contributed by atoms with E-state index >= 15 is 0 Å². The number of para-hydroxylation sites is 2. The molecule has 5 rings (SSSR count). The lowest BCUT2D eigenvalue weighted by Crippen LogP contribution is -1.95. The van der Waals surface area contributed by atoms with Gasteiger partial charge < -0.3 is 4.57 Å². The number of hydrogen-bond acceptors (Lipinski definition) is 2. The summed E-state index contributed by atoms with van der Waals surface area (Å²) in [5.41, 5.74) is 5.68. The number of benzene rings is 3. The van der Waals surface area contributed by atoms with E-state index < -0.39 is 0 Å². The van der Waals surface area contributed by atoms with Crippen molar-refractivity contribution in [2.75, 3.05) is 0 Å². The average molecular weight is 345 g/mol. The van der Waals surface area contributed by atoms with E-state index in [1.807, 2.05) is 24.3 Å². The lowest BCUT2D eigenvalue weighted by atomic mass is 10.0. The molecule has 3 aromatic carbocycles. The van der Waals surface area contributed by atoms with Gasteiger partial charge in [0, 0.05) is 28.2 Å². The highest BCUT2D eigenvalue weighted by molar-refractivity contribution is 6.09. The number of fused-ring (bicyclic) bond motifs is 3. The van der Waals surface area contributed by atoms with Crippen LogP contribution in [0.4, 0.5) is 0 Å². The van der Waals surface area contributed by atoms with E-state index in [1.165, 1.54) is 21.8 Å². The number of nitrogens with zero attached hydrogens (tertiary/aromatic N) is 3. The van der Waals surface area contributed by atoms with Crippen LogP contribution in [0.25, 0.3) is 38.6 Å². The zero-order valence-corrected chi connectivity index (χ0v) is 14.5. The monoisotopic (exact) mass is 345 g/mol. The SMILES string of the molecule is N#Cc1ncccc1-c1cccc(-n2c3ccccc3c3ccccc32)c1. The summed E-state index contributed by atoms with van der Waals surface area (Å²) >= 11 is 0. The van der Waals surface area contributed by atoms with E-state index in [9.17, 15) is 5.26 Å². The van der Waals surface area contributed by atoms with Gasteiger partial charge in [0.25, 0.3) is 0 Å². The predicted molar refractivity (Wildman–Crippen MR) is 109 cm³/mol. The zero-order valence-electron chi connectivity index (χ0n) is 14.5. The van der Waals surface area contributed by atoms with Crippen molar-refractivity contribution in [2.45, 2.75) is 0 Å². The Balaban J connectivity index is 1.81. The van der Waals surface area contributed by atoms with E-state index in [1.54, 1.807) is 6.20 Å². The minimum absolute atomic E-state index is 0.442. The number of hydrogen-bond donors (Lipinski definition) is 0. The summed E-state index contributed by atoms with van der Waals surface area (Å²) in [5, 5.41) is 11.9. The summed E-state index contributed by atoms with van der Waals surface area (Å²) < 4.78 is 2.27. The molecular weight excluding hydrogens is 330 g/mol. The Hall–Kier alpha value is -3.90. The Morgan fingerprint density at radius 1 is 0.741 bits per heavy atom. The summed E-state index contributed by atoms with van der Waals surface area (Å²) in [7, 11) is 0. The number of nitriles is 1. The Labute approximate surface area is 156 Å². The van der Waals surface area contributed by atoms with Crippen LogP contribution in [0.5, 0.6) is 0 Å². The normalized spacial score (nSPS) is 10.9. The van der Waals surface area contributed by atoms with Gasteiger partial charge in [-0.15, -0.1) is 0 Å². The smallest absolute Gasteiger partial charge is 0.148 e. The Bertz CT molecular complexity index is 1290. The molecule has 0 saturated carbocycles. The maximum Gasteiger partial charge on any atom is 0.148 e. The van der Waals surface area contributed by atoms with Crippen LogP contribution < -0.4 is 0 Å². The minimum Gasteiger partial charge on any atom is -0.309 e. The molecular formula is C24H15N3. The largest absolute Gasteiger partial charge is 0.309 e. The fourth-order valence-electron chi connectivity index (χ4n) is 3.74. The topological polar surface area (TPSA) is 41.6 Å². The molecule has 0 radical (unpaired) electrons. The molecule has 0 amide bonds. The van der Waals surface area contributed by atoms with Crippen molar-refractivity contribution in [2.24, 2.45) is 0 Å². The highest BCUT2D eigenvalue weighted by Crippen LogP contribution is 2.33. The molecule has 126 valence electrons. The van der Waals surface area contributed by atoms with Crippen molar-refractivity contribution < 1.29 is 0 Å². The third-order valence-electron chi connectivity index (χ3n) is 4.91. The first-order valence-electron chi connectivity index (χ1n) is 8.81. The van der Waals surface area contributed by atoms with Crippen LogP contribution in [-0.4, -0.2) is 9.55 Å². The van der Waals surface area contributed by atoms with Crippen LogP contribution in [0.1, 0.15) is 5.69 Å². The summed E-state index contributed by atoms with van der Waals surface area (Å²) in [6.07, 6.45) is 1.65. The maximum atomic E-state index is 9.40. The van der Waals surface area contributed by atoms with Crippen LogP contribution in [0.15, 0.2) is 91.1 Å². The van der Waals surface area contributed by atoms with Gasteiger partial charge in [0.1, 0.15) is 11.8 Å². The van der Waals surface area contributed by atoms with E-state index in [-0.39, 0.29) is 0 Å². The van der Waals surface area contributed by atoms with Crippen molar-refractivity contribution in [1.82, 2.24) is 9.55 Å². The molecule has 0 atom stereocenters. The second kappa shape index (κ2) is 6.12. The Morgan fingerprint density at radius 3 is 2.15 bits per heavy atom. The van der Waals surface area contributed by atoms with E-state index in [0.29, 0.717) is 5.69 Å². The molecule has 0 aliphatic rings. The van der Waals surface area contributed by atoms with Crippen molar-refractivity contribution in [1.29, 1.82) is 5.26 Å². The van der Waals surface area contributed by atoms with Crippen LogP contribution in [0.3, 0.4) is 0 Å². The van der Waals surface area contributed by atoms with Crippen LogP contribution >= 0.6 is 0 Å². The van der Waals surface area contributed by atoms with Gasteiger partial charge in [-0.2, -0.15) is 5.26 Å². The van der Waals surface area contributed by atoms with E-state index in [0.717, 1.165) is 16.8 Å². The van der Waals surface area contributed by atoms with Crippen molar-refractivity contribution >= 4 is 21.8 Å². The third kappa shape index (κ3) is 2.39. The number of rotatable bonds is 2. The second-order valence-corrected chi connectivity index (χ2v) is 6.43. The van der Waals surface area contributed by atoms with E-state index in [2.05, 4.69) is 76.3 Å². The summed E-state index contributed by atoms with van der Waals surface area (Å²) in [4.78, 5) is 4.20. The third-order valence-corrected chi connectivity index (χ3v) is 4.91. The molecule has 3 heteroatoms. The summed E-state index contributed by atoms with van der Waals surface area (Å²) in [5.74, 6) is 0. The van der Waals surface area contributed by atoms with Gasteiger partial charge in [0.15, 0.2) is 0 Å². The molecule has 27 heavy (non-hydrogen) atoms. The first-order chi connectivity index (χ1) is 13.4. The highest BCUT2D eigenvalue weighted by Gasteiger charge is 2.12.